The third-order valence-electron chi connectivity index (χ3n) is 1.84. The fourth-order valence-corrected chi connectivity index (χ4v) is 1.15. The van der Waals surface area contributed by atoms with E-state index in [1.54, 1.807) is 19.4 Å². The molecule has 1 aromatic heterocycles. The molecule has 0 saturated heterocycles. The Balaban J connectivity index is 2.24. The van der Waals surface area contributed by atoms with Crippen LogP contribution in [-0.2, 0) is 0 Å². The average Bonchev–Trinajstić information content (AvgIpc) is 2.31. The molecule has 0 amide bonds. The predicted molar refractivity (Wildman–Crippen MR) is 55.1 cm³/mol. The van der Waals surface area contributed by atoms with Gasteiger partial charge in [0, 0.05) is 12.3 Å². The maximum atomic E-state index is 5.52. The molecule has 0 aliphatic rings. The first-order valence-electron chi connectivity index (χ1n) is 4.47. The SMILES string of the molecule is COc1ccccc1Oc1ccncn1. The number of methoxy groups -OCH3 is 1. The fraction of sp³-hybridized carbons (Fsp3) is 0.0909. The Bertz CT molecular complexity index is 432. The molecule has 4 nitrogen and oxygen atoms in total. The predicted octanol–water partition coefficient (Wildman–Crippen LogP) is 2.28. The smallest absolute Gasteiger partial charge is 0.222 e. The highest BCUT2D eigenvalue weighted by molar-refractivity contribution is 5.41. The zero-order valence-electron chi connectivity index (χ0n) is 8.25. The Morgan fingerprint density at radius 3 is 2.53 bits per heavy atom. The fourth-order valence-electron chi connectivity index (χ4n) is 1.15. The molecule has 0 radical (unpaired) electrons. The quantitative estimate of drug-likeness (QED) is 0.765. The summed E-state index contributed by atoms with van der Waals surface area (Å²) in [6.45, 7) is 0. The molecule has 2 aromatic rings. The van der Waals surface area contributed by atoms with Crippen LogP contribution in [0.4, 0.5) is 0 Å². The van der Waals surface area contributed by atoms with Crippen LogP contribution in [0.25, 0.3) is 0 Å². The average molecular weight is 202 g/mol. The number of para-hydroxylation sites is 2. The van der Waals surface area contributed by atoms with Crippen LogP contribution in [0.1, 0.15) is 0 Å². The minimum absolute atomic E-state index is 0.495. The molecule has 0 atom stereocenters. The molecular weight excluding hydrogens is 192 g/mol. The van der Waals surface area contributed by atoms with Crippen molar-refractivity contribution in [3.05, 3.63) is 42.9 Å². The zero-order valence-corrected chi connectivity index (χ0v) is 8.25. The lowest BCUT2D eigenvalue weighted by atomic mass is 10.3. The molecule has 0 saturated carbocycles. The maximum Gasteiger partial charge on any atom is 0.222 e. The van der Waals surface area contributed by atoms with Gasteiger partial charge in [0.1, 0.15) is 6.33 Å². The summed E-state index contributed by atoms with van der Waals surface area (Å²) >= 11 is 0. The molecule has 0 aliphatic heterocycles. The first-order valence-corrected chi connectivity index (χ1v) is 4.47. The van der Waals surface area contributed by atoms with Crippen LogP contribution in [-0.4, -0.2) is 17.1 Å². The van der Waals surface area contributed by atoms with Gasteiger partial charge in [-0.2, -0.15) is 0 Å². The second kappa shape index (κ2) is 4.41. The maximum absolute atomic E-state index is 5.52. The van der Waals surface area contributed by atoms with Crippen molar-refractivity contribution in [1.82, 2.24) is 9.97 Å². The molecule has 0 unspecified atom stereocenters. The molecule has 0 N–H and O–H groups in total. The van der Waals surface area contributed by atoms with Crippen molar-refractivity contribution in [2.75, 3.05) is 7.11 Å². The largest absolute Gasteiger partial charge is 0.493 e. The van der Waals surface area contributed by atoms with Crippen LogP contribution < -0.4 is 9.47 Å². The summed E-state index contributed by atoms with van der Waals surface area (Å²) in [5.74, 6) is 1.81. The molecule has 4 heteroatoms. The van der Waals surface area contributed by atoms with Crippen LogP contribution in [0.5, 0.6) is 17.4 Å². The lowest BCUT2D eigenvalue weighted by Gasteiger charge is -2.08. The molecule has 15 heavy (non-hydrogen) atoms. The van der Waals surface area contributed by atoms with Crippen LogP contribution in [0, 0.1) is 0 Å². The topological polar surface area (TPSA) is 44.2 Å². The van der Waals surface area contributed by atoms with Gasteiger partial charge in [-0.05, 0) is 12.1 Å². The summed E-state index contributed by atoms with van der Waals surface area (Å²) in [5, 5.41) is 0. The van der Waals surface area contributed by atoms with E-state index >= 15 is 0 Å². The van der Waals surface area contributed by atoms with E-state index in [4.69, 9.17) is 9.47 Å². The highest BCUT2D eigenvalue weighted by Gasteiger charge is 2.03. The highest BCUT2D eigenvalue weighted by Crippen LogP contribution is 2.29. The molecule has 2 rings (SSSR count). The number of benzene rings is 1. The number of aromatic nitrogens is 2. The lowest BCUT2D eigenvalue weighted by Crippen LogP contribution is -1.91. The van der Waals surface area contributed by atoms with Gasteiger partial charge in [-0.15, -0.1) is 0 Å². The van der Waals surface area contributed by atoms with E-state index in [1.807, 2.05) is 24.3 Å². The number of rotatable bonds is 3. The van der Waals surface area contributed by atoms with Crippen molar-refractivity contribution < 1.29 is 9.47 Å². The minimum Gasteiger partial charge on any atom is -0.493 e. The van der Waals surface area contributed by atoms with E-state index in [9.17, 15) is 0 Å². The first-order chi connectivity index (χ1) is 7.40. The second-order valence-corrected chi connectivity index (χ2v) is 2.80. The van der Waals surface area contributed by atoms with Crippen LogP contribution in [0.15, 0.2) is 42.9 Å². The third kappa shape index (κ3) is 2.22. The molecule has 76 valence electrons. The van der Waals surface area contributed by atoms with Crippen LogP contribution in [0.2, 0.25) is 0 Å². The van der Waals surface area contributed by atoms with Gasteiger partial charge in [0.15, 0.2) is 11.5 Å². The van der Waals surface area contributed by atoms with Gasteiger partial charge in [0.2, 0.25) is 5.88 Å². The summed E-state index contributed by atoms with van der Waals surface area (Å²) in [6.07, 6.45) is 3.06. The van der Waals surface area contributed by atoms with Gasteiger partial charge in [-0.3, -0.25) is 0 Å². The Kier molecular flexibility index (Phi) is 2.78. The summed E-state index contributed by atoms with van der Waals surface area (Å²) in [5.41, 5.74) is 0. The Morgan fingerprint density at radius 1 is 1.07 bits per heavy atom. The zero-order chi connectivity index (χ0) is 10.5. The number of nitrogens with zero attached hydrogens (tertiary/aromatic N) is 2. The van der Waals surface area contributed by atoms with Gasteiger partial charge in [-0.25, -0.2) is 9.97 Å². The van der Waals surface area contributed by atoms with E-state index in [-0.39, 0.29) is 0 Å². The van der Waals surface area contributed by atoms with Crippen molar-refractivity contribution in [2.24, 2.45) is 0 Å². The summed E-state index contributed by atoms with van der Waals surface area (Å²) in [4.78, 5) is 7.77. The molecule has 0 aliphatic carbocycles. The van der Waals surface area contributed by atoms with Crippen molar-refractivity contribution in [3.63, 3.8) is 0 Å². The van der Waals surface area contributed by atoms with E-state index in [2.05, 4.69) is 9.97 Å². The van der Waals surface area contributed by atoms with Crippen molar-refractivity contribution >= 4 is 0 Å². The number of ether oxygens (including phenoxy) is 2. The van der Waals surface area contributed by atoms with E-state index in [0.29, 0.717) is 17.4 Å². The second-order valence-electron chi connectivity index (χ2n) is 2.80. The third-order valence-corrected chi connectivity index (χ3v) is 1.84. The summed E-state index contributed by atoms with van der Waals surface area (Å²) < 4.78 is 10.7. The van der Waals surface area contributed by atoms with Gasteiger partial charge >= 0.3 is 0 Å². The van der Waals surface area contributed by atoms with E-state index < -0.39 is 0 Å². The molecule has 0 spiro atoms. The first kappa shape index (κ1) is 9.45. The van der Waals surface area contributed by atoms with Gasteiger partial charge in [0.25, 0.3) is 0 Å². The van der Waals surface area contributed by atoms with Crippen LogP contribution >= 0.6 is 0 Å². The molecule has 1 heterocycles. The van der Waals surface area contributed by atoms with Gasteiger partial charge in [0.05, 0.1) is 7.11 Å². The Hall–Kier alpha value is -2.10. The van der Waals surface area contributed by atoms with Gasteiger partial charge < -0.3 is 9.47 Å². The normalized spacial score (nSPS) is 9.67. The van der Waals surface area contributed by atoms with Crippen LogP contribution in [0.3, 0.4) is 0 Å². The van der Waals surface area contributed by atoms with Crippen molar-refractivity contribution in [2.45, 2.75) is 0 Å². The standard InChI is InChI=1S/C11H10N2O2/c1-14-9-4-2-3-5-10(9)15-11-6-7-12-8-13-11/h2-8H,1H3. The van der Waals surface area contributed by atoms with E-state index in [1.165, 1.54) is 6.33 Å². The van der Waals surface area contributed by atoms with Crippen molar-refractivity contribution in [3.8, 4) is 17.4 Å². The number of hydrogen-bond donors (Lipinski definition) is 0. The summed E-state index contributed by atoms with van der Waals surface area (Å²) in [6, 6.07) is 9.09. The number of hydrogen-bond acceptors (Lipinski definition) is 4. The lowest BCUT2D eigenvalue weighted by molar-refractivity contribution is 0.374. The molecule has 1 aromatic carbocycles. The highest BCUT2D eigenvalue weighted by atomic mass is 16.5. The van der Waals surface area contributed by atoms with Gasteiger partial charge in [-0.1, -0.05) is 12.1 Å². The monoisotopic (exact) mass is 202 g/mol. The summed E-state index contributed by atoms with van der Waals surface area (Å²) in [7, 11) is 1.60. The Morgan fingerprint density at radius 2 is 1.87 bits per heavy atom. The minimum atomic E-state index is 0.495. The molecular formula is C11H10N2O2. The van der Waals surface area contributed by atoms with E-state index in [0.717, 1.165) is 0 Å². The Labute approximate surface area is 87.5 Å². The van der Waals surface area contributed by atoms with Crippen molar-refractivity contribution in [1.29, 1.82) is 0 Å². The molecule has 0 bridgehead atoms. The molecule has 0 fully saturated rings.